The summed E-state index contributed by atoms with van der Waals surface area (Å²) >= 11 is 0. The van der Waals surface area contributed by atoms with E-state index in [1.54, 1.807) is 21.8 Å². The molecular weight excluding hydrogens is 436 g/mol. The second kappa shape index (κ2) is 10.1. The van der Waals surface area contributed by atoms with Gasteiger partial charge in [0, 0.05) is 43.5 Å². The molecule has 178 valence electrons. The van der Waals surface area contributed by atoms with Crippen LogP contribution < -0.4 is 9.64 Å². The van der Waals surface area contributed by atoms with Crippen molar-refractivity contribution in [1.29, 1.82) is 5.26 Å². The number of pyridine rings is 2. The zero-order valence-corrected chi connectivity index (χ0v) is 19.3. The first-order valence-corrected chi connectivity index (χ1v) is 11.3. The summed E-state index contributed by atoms with van der Waals surface area (Å²) in [5.74, 6) is 0.978. The summed E-state index contributed by atoms with van der Waals surface area (Å²) in [7, 11) is 0. The van der Waals surface area contributed by atoms with E-state index in [4.69, 9.17) is 9.84 Å². The van der Waals surface area contributed by atoms with Crippen LogP contribution in [0.5, 0.6) is 5.75 Å². The standard InChI is InChI=1S/C24H28N6O4/c1-16(2)23(32)24(33)29-7-5-28(6-8-29)21-4-3-17(13-26-21)20-11-19(34-10-9-31)15-30-22(20)18(12-25)14-27-30/h3-4,11,13-16,23,31-32H,5-10H2,1-2H3. The van der Waals surface area contributed by atoms with E-state index < -0.39 is 6.10 Å². The molecule has 34 heavy (non-hydrogen) atoms. The third-order valence-corrected chi connectivity index (χ3v) is 5.93. The second-order valence-electron chi connectivity index (χ2n) is 8.53. The lowest BCUT2D eigenvalue weighted by Gasteiger charge is -2.36. The molecule has 10 heteroatoms. The number of ether oxygens (including phenoxy) is 1. The molecule has 1 unspecified atom stereocenters. The van der Waals surface area contributed by atoms with E-state index in [9.17, 15) is 15.2 Å². The Balaban J connectivity index is 1.54. The van der Waals surface area contributed by atoms with Crippen LogP contribution in [0.15, 0.2) is 36.8 Å². The third-order valence-electron chi connectivity index (χ3n) is 5.93. The molecule has 2 N–H and O–H groups in total. The first kappa shape index (κ1) is 23.5. The van der Waals surface area contributed by atoms with Crippen molar-refractivity contribution in [3.8, 4) is 22.9 Å². The van der Waals surface area contributed by atoms with E-state index in [2.05, 4.69) is 21.1 Å². The van der Waals surface area contributed by atoms with Crippen molar-refractivity contribution in [1.82, 2.24) is 19.5 Å². The van der Waals surface area contributed by atoms with Crippen LogP contribution in [0.2, 0.25) is 0 Å². The summed E-state index contributed by atoms with van der Waals surface area (Å²) < 4.78 is 7.17. The van der Waals surface area contributed by atoms with Crippen molar-refractivity contribution in [2.75, 3.05) is 44.3 Å². The number of hydrogen-bond acceptors (Lipinski definition) is 8. The number of aliphatic hydroxyl groups excluding tert-OH is 2. The molecule has 0 spiro atoms. The van der Waals surface area contributed by atoms with E-state index in [1.807, 2.05) is 32.0 Å². The molecule has 10 nitrogen and oxygen atoms in total. The van der Waals surface area contributed by atoms with Gasteiger partial charge in [0.1, 0.15) is 30.3 Å². The molecule has 0 aliphatic carbocycles. The van der Waals surface area contributed by atoms with Crippen molar-refractivity contribution in [2.45, 2.75) is 20.0 Å². The number of rotatable bonds is 7. The monoisotopic (exact) mass is 464 g/mol. The van der Waals surface area contributed by atoms with Gasteiger partial charge in [0.05, 0.1) is 30.1 Å². The van der Waals surface area contributed by atoms with Crippen molar-refractivity contribution >= 4 is 17.2 Å². The maximum absolute atomic E-state index is 12.4. The van der Waals surface area contributed by atoms with Gasteiger partial charge in [-0.3, -0.25) is 4.79 Å². The minimum absolute atomic E-state index is 0.110. The SMILES string of the molecule is CC(C)C(O)C(=O)N1CCN(c2ccc(-c3cc(OCCO)cn4ncc(C#N)c34)cn2)CC1. The Hall–Kier alpha value is -3.68. The largest absolute Gasteiger partial charge is 0.490 e. The quantitative estimate of drug-likeness (QED) is 0.536. The lowest BCUT2D eigenvalue weighted by molar-refractivity contribution is -0.142. The van der Waals surface area contributed by atoms with Crippen LogP contribution in [0.1, 0.15) is 19.4 Å². The summed E-state index contributed by atoms with van der Waals surface area (Å²) in [6.45, 7) is 6.00. The minimum Gasteiger partial charge on any atom is -0.490 e. The molecule has 1 saturated heterocycles. The Morgan fingerprint density at radius 3 is 2.62 bits per heavy atom. The van der Waals surface area contributed by atoms with Crippen LogP contribution >= 0.6 is 0 Å². The van der Waals surface area contributed by atoms with Crippen LogP contribution in [-0.2, 0) is 4.79 Å². The number of aliphatic hydroxyl groups is 2. The predicted octanol–water partition coefficient (Wildman–Crippen LogP) is 1.30. The first-order chi connectivity index (χ1) is 16.4. The Morgan fingerprint density at radius 1 is 1.24 bits per heavy atom. The Morgan fingerprint density at radius 2 is 2.00 bits per heavy atom. The zero-order chi connectivity index (χ0) is 24.2. The molecule has 0 radical (unpaired) electrons. The average molecular weight is 465 g/mol. The number of nitriles is 1. The minimum atomic E-state index is -0.972. The van der Waals surface area contributed by atoms with Gasteiger partial charge in [-0.05, 0) is 24.1 Å². The maximum atomic E-state index is 12.4. The van der Waals surface area contributed by atoms with Gasteiger partial charge in [-0.25, -0.2) is 9.50 Å². The molecule has 0 aromatic carbocycles. The number of fused-ring (bicyclic) bond motifs is 1. The van der Waals surface area contributed by atoms with Gasteiger partial charge in [0.2, 0.25) is 0 Å². The highest BCUT2D eigenvalue weighted by atomic mass is 16.5. The average Bonchev–Trinajstić information content (AvgIpc) is 3.29. The van der Waals surface area contributed by atoms with Crippen LogP contribution in [0.3, 0.4) is 0 Å². The smallest absolute Gasteiger partial charge is 0.251 e. The molecule has 3 aromatic rings. The summed E-state index contributed by atoms with van der Waals surface area (Å²) in [5.41, 5.74) is 2.65. The first-order valence-electron chi connectivity index (χ1n) is 11.3. The van der Waals surface area contributed by atoms with Crippen molar-refractivity contribution in [3.63, 3.8) is 0 Å². The molecule has 4 heterocycles. The number of carbonyl (C=O) groups excluding carboxylic acids is 1. The van der Waals surface area contributed by atoms with Crippen molar-refractivity contribution < 1.29 is 19.7 Å². The van der Waals surface area contributed by atoms with Crippen LogP contribution in [0, 0.1) is 17.2 Å². The Bertz CT molecular complexity index is 1190. The number of hydrogen-bond donors (Lipinski definition) is 2. The van der Waals surface area contributed by atoms with Crippen LogP contribution in [0.4, 0.5) is 5.82 Å². The molecule has 1 aliphatic heterocycles. The number of piperazine rings is 1. The lowest BCUT2D eigenvalue weighted by Crippen LogP contribution is -2.52. The summed E-state index contributed by atoms with van der Waals surface area (Å²) in [4.78, 5) is 20.8. The van der Waals surface area contributed by atoms with E-state index >= 15 is 0 Å². The van der Waals surface area contributed by atoms with Gasteiger partial charge >= 0.3 is 0 Å². The van der Waals surface area contributed by atoms with Gasteiger partial charge in [0.15, 0.2) is 0 Å². The van der Waals surface area contributed by atoms with Gasteiger partial charge in [-0.15, -0.1) is 0 Å². The molecule has 3 aromatic heterocycles. The van der Waals surface area contributed by atoms with Crippen molar-refractivity contribution in [3.05, 3.63) is 42.4 Å². The van der Waals surface area contributed by atoms with E-state index in [0.717, 1.165) is 16.9 Å². The summed E-state index contributed by atoms with van der Waals surface area (Å²) in [5, 5.41) is 32.9. The highest BCUT2D eigenvalue weighted by molar-refractivity contribution is 5.85. The Kier molecular flexibility index (Phi) is 6.95. The number of anilines is 1. The van der Waals surface area contributed by atoms with Crippen molar-refractivity contribution in [2.24, 2.45) is 5.92 Å². The van der Waals surface area contributed by atoms with E-state index in [0.29, 0.717) is 43.0 Å². The van der Waals surface area contributed by atoms with E-state index in [-0.39, 0.29) is 25.0 Å². The van der Waals surface area contributed by atoms with Gasteiger partial charge < -0.3 is 24.7 Å². The summed E-state index contributed by atoms with van der Waals surface area (Å²) in [6.07, 6.45) is 3.95. The molecule has 1 amide bonds. The molecule has 1 aliphatic rings. The maximum Gasteiger partial charge on any atom is 0.251 e. The van der Waals surface area contributed by atoms with E-state index in [1.165, 1.54) is 6.20 Å². The highest BCUT2D eigenvalue weighted by Crippen LogP contribution is 2.31. The molecular formula is C24H28N6O4. The van der Waals surface area contributed by atoms with Gasteiger partial charge in [-0.1, -0.05) is 13.8 Å². The molecule has 0 bridgehead atoms. The fourth-order valence-corrected chi connectivity index (χ4v) is 4.00. The zero-order valence-electron chi connectivity index (χ0n) is 19.3. The number of carbonyl (C=O) groups is 1. The predicted molar refractivity (Wildman–Crippen MR) is 125 cm³/mol. The number of amides is 1. The van der Waals surface area contributed by atoms with Gasteiger partial charge in [-0.2, -0.15) is 10.4 Å². The lowest BCUT2D eigenvalue weighted by atomic mass is 10.0. The van der Waals surface area contributed by atoms with Crippen LogP contribution in [-0.4, -0.2) is 81.1 Å². The topological polar surface area (TPSA) is 127 Å². The molecule has 4 rings (SSSR count). The molecule has 0 saturated carbocycles. The number of aromatic nitrogens is 3. The molecule has 1 atom stereocenters. The van der Waals surface area contributed by atoms with Crippen LogP contribution in [0.25, 0.3) is 16.6 Å². The fraction of sp³-hybridized carbons (Fsp3) is 0.417. The normalized spacial score (nSPS) is 14.9. The van der Waals surface area contributed by atoms with Gasteiger partial charge in [0.25, 0.3) is 5.91 Å². The summed E-state index contributed by atoms with van der Waals surface area (Å²) in [6, 6.07) is 7.83. The second-order valence-corrected chi connectivity index (χ2v) is 8.53. The third kappa shape index (κ3) is 4.66. The highest BCUT2D eigenvalue weighted by Gasteiger charge is 2.28. The molecule has 1 fully saturated rings. The fourth-order valence-electron chi connectivity index (χ4n) is 4.00. The number of nitrogens with zero attached hydrogens (tertiary/aromatic N) is 6. The Labute approximate surface area is 197 Å².